The molecule has 0 radical (unpaired) electrons. The van der Waals surface area contributed by atoms with Gasteiger partial charge >= 0.3 is 0 Å². The summed E-state index contributed by atoms with van der Waals surface area (Å²) in [7, 11) is -1.09. The fraction of sp³-hybridized carbons (Fsp3) is 0.538. The monoisotopic (exact) mass is 300 g/mol. The number of benzene rings is 1. The molecule has 16 heavy (non-hydrogen) atoms. The number of hydrogen-bond donors (Lipinski definition) is 1. The zero-order valence-corrected chi connectivity index (χ0v) is 12.9. The van der Waals surface area contributed by atoms with Crippen LogP contribution < -0.4 is 0 Å². The van der Waals surface area contributed by atoms with Crippen LogP contribution in [0.1, 0.15) is 5.56 Å². The number of halogens is 1. The highest BCUT2D eigenvalue weighted by Crippen LogP contribution is 2.24. The van der Waals surface area contributed by atoms with Crippen LogP contribution in [0.2, 0.25) is 25.7 Å². The summed E-state index contributed by atoms with van der Waals surface area (Å²) in [6.07, 6.45) is 0.974. The Bertz CT molecular complexity index is 333. The summed E-state index contributed by atoms with van der Waals surface area (Å²) in [6.45, 7) is 7.37. The van der Waals surface area contributed by atoms with Crippen LogP contribution >= 0.6 is 15.9 Å². The van der Waals surface area contributed by atoms with Crippen LogP contribution in [0.25, 0.3) is 0 Å². The molecule has 1 aromatic rings. The largest absolute Gasteiger partial charge is 0.396 e. The normalized spacial score (nSPS) is 13.8. The van der Waals surface area contributed by atoms with Gasteiger partial charge in [-0.1, -0.05) is 59.8 Å². The molecule has 0 aliphatic rings. The predicted molar refractivity (Wildman–Crippen MR) is 76.6 cm³/mol. The third kappa shape index (κ3) is 4.81. The Morgan fingerprint density at radius 2 is 1.88 bits per heavy atom. The molecule has 0 fully saturated rings. The molecule has 1 unspecified atom stereocenters. The van der Waals surface area contributed by atoms with Crippen molar-refractivity contribution in [3.05, 3.63) is 34.3 Å². The topological polar surface area (TPSA) is 20.2 Å². The van der Waals surface area contributed by atoms with Crippen LogP contribution in [0.5, 0.6) is 0 Å². The summed E-state index contributed by atoms with van der Waals surface area (Å²) < 4.78 is 1.16. The molecule has 1 atom stereocenters. The van der Waals surface area contributed by atoms with E-state index >= 15 is 0 Å². The minimum absolute atomic E-state index is 0.297. The first-order chi connectivity index (χ1) is 7.42. The Kier molecular flexibility index (Phi) is 5.22. The highest BCUT2D eigenvalue weighted by atomic mass is 79.9. The van der Waals surface area contributed by atoms with Crippen LogP contribution in [0.3, 0.4) is 0 Å². The van der Waals surface area contributed by atoms with Gasteiger partial charge in [-0.15, -0.1) is 0 Å². The molecule has 0 saturated carbocycles. The molecular weight excluding hydrogens is 280 g/mol. The minimum Gasteiger partial charge on any atom is -0.396 e. The maximum Gasteiger partial charge on any atom is 0.0459 e. The van der Waals surface area contributed by atoms with Crippen molar-refractivity contribution >= 4 is 24.0 Å². The SMILES string of the molecule is C[Si](C)(C)CC(CO)Cc1ccccc1Br. The van der Waals surface area contributed by atoms with E-state index in [1.807, 2.05) is 6.07 Å². The molecule has 1 aromatic carbocycles. The van der Waals surface area contributed by atoms with E-state index in [4.69, 9.17) is 0 Å². The summed E-state index contributed by atoms with van der Waals surface area (Å²) in [5, 5.41) is 9.45. The van der Waals surface area contributed by atoms with Gasteiger partial charge in [0.15, 0.2) is 0 Å². The Balaban J connectivity index is 2.67. The Morgan fingerprint density at radius 1 is 1.25 bits per heavy atom. The molecule has 1 N–H and O–H groups in total. The van der Waals surface area contributed by atoms with Gasteiger partial charge in [-0.3, -0.25) is 0 Å². The van der Waals surface area contributed by atoms with Gasteiger partial charge in [0.05, 0.1) is 0 Å². The van der Waals surface area contributed by atoms with E-state index in [1.54, 1.807) is 0 Å². The van der Waals surface area contributed by atoms with Gasteiger partial charge in [0, 0.05) is 19.2 Å². The van der Waals surface area contributed by atoms with E-state index < -0.39 is 8.07 Å². The highest BCUT2D eigenvalue weighted by Gasteiger charge is 2.20. The molecule has 0 bridgehead atoms. The molecule has 0 amide bonds. The smallest absolute Gasteiger partial charge is 0.0459 e. The lowest BCUT2D eigenvalue weighted by atomic mass is 10.0. The zero-order valence-electron chi connectivity index (χ0n) is 10.3. The van der Waals surface area contributed by atoms with Crippen molar-refractivity contribution in [3.8, 4) is 0 Å². The van der Waals surface area contributed by atoms with E-state index in [1.165, 1.54) is 11.6 Å². The standard InChI is InChI=1S/C13H21BrOSi/c1-16(2,3)10-11(9-15)8-12-6-4-5-7-13(12)14/h4-7,11,15H,8-10H2,1-3H3. The van der Waals surface area contributed by atoms with Gasteiger partial charge < -0.3 is 5.11 Å². The van der Waals surface area contributed by atoms with Crippen LogP contribution in [0.4, 0.5) is 0 Å². The summed E-state index contributed by atoms with van der Waals surface area (Å²) in [5.74, 6) is 0.408. The molecule has 0 heterocycles. The Hall–Kier alpha value is -0.123. The molecule has 1 rings (SSSR count). The molecule has 1 nitrogen and oxygen atoms in total. The number of rotatable bonds is 5. The molecule has 0 saturated heterocycles. The van der Waals surface area contributed by atoms with Gasteiger partial charge in [-0.05, 0) is 24.0 Å². The maximum atomic E-state index is 9.45. The van der Waals surface area contributed by atoms with Gasteiger partial charge in [-0.2, -0.15) is 0 Å². The quantitative estimate of drug-likeness (QED) is 0.817. The van der Waals surface area contributed by atoms with Crippen molar-refractivity contribution < 1.29 is 5.11 Å². The average Bonchev–Trinajstić information content (AvgIpc) is 2.18. The van der Waals surface area contributed by atoms with Crippen LogP contribution in [0, 0.1) is 5.92 Å². The van der Waals surface area contributed by atoms with Crippen LogP contribution in [-0.2, 0) is 6.42 Å². The van der Waals surface area contributed by atoms with Gasteiger partial charge in [0.1, 0.15) is 0 Å². The lowest BCUT2D eigenvalue weighted by Gasteiger charge is -2.23. The summed E-state index contributed by atoms with van der Waals surface area (Å²) in [5.41, 5.74) is 1.31. The van der Waals surface area contributed by atoms with Crippen molar-refractivity contribution in [2.24, 2.45) is 5.92 Å². The van der Waals surface area contributed by atoms with Gasteiger partial charge in [0.25, 0.3) is 0 Å². The highest BCUT2D eigenvalue weighted by molar-refractivity contribution is 9.10. The zero-order chi connectivity index (χ0) is 12.2. The molecule has 0 aliphatic carbocycles. The fourth-order valence-corrected chi connectivity index (χ4v) is 4.49. The van der Waals surface area contributed by atoms with E-state index in [0.29, 0.717) is 12.5 Å². The third-order valence-corrected chi connectivity index (χ3v) is 5.20. The van der Waals surface area contributed by atoms with Crippen molar-refractivity contribution in [2.75, 3.05) is 6.61 Å². The molecular formula is C13H21BrOSi. The first kappa shape index (κ1) is 13.9. The molecule has 0 spiro atoms. The lowest BCUT2D eigenvalue weighted by molar-refractivity contribution is 0.236. The second-order valence-electron chi connectivity index (χ2n) is 5.61. The van der Waals surface area contributed by atoms with Crippen molar-refractivity contribution in [3.63, 3.8) is 0 Å². The molecule has 0 aromatic heterocycles. The van der Waals surface area contributed by atoms with E-state index in [9.17, 15) is 5.11 Å². The summed E-state index contributed by atoms with van der Waals surface area (Å²) in [6, 6.07) is 9.48. The lowest BCUT2D eigenvalue weighted by Crippen LogP contribution is -2.26. The van der Waals surface area contributed by atoms with E-state index in [2.05, 4.69) is 53.8 Å². The maximum absolute atomic E-state index is 9.45. The second kappa shape index (κ2) is 5.99. The molecule has 3 heteroatoms. The fourth-order valence-electron chi connectivity index (χ4n) is 2.04. The average molecular weight is 301 g/mol. The second-order valence-corrected chi connectivity index (χ2v) is 12.0. The van der Waals surface area contributed by atoms with Crippen LogP contribution in [-0.4, -0.2) is 19.8 Å². The number of aliphatic hydroxyl groups excluding tert-OH is 1. The first-order valence-corrected chi connectivity index (χ1v) is 10.3. The third-order valence-electron chi connectivity index (χ3n) is 2.63. The Labute approximate surface area is 108 Å². The van der Waals surface area contributed by atoms with Crippen LogP contribution in [0.15, 0.2) is 28.7 Å². The van der Waals surface area contributed by atoms with E-state index in [0.717, 1.165) is 10.9 Å². The predicted octanol–water partition coefficient (Wildman–Crippen LogP) is 3.94. The molecule has 0 aliphatic heterocycles. The number of hydrogen-bond acceptors (Lipinski definition) is 1. The number of aliphatic hydroxyl groups is 1. The van der Waals surface area contributed by atoms with Crippen molar-refractivity contribution in [1.29, 1.82) is 0 Å². The van der Waals surface area contributed by atoms with E-state index in [-0.39, 0.29) is 0 Å². The summed E-state index contributed by atoms with van der Waals surface area (Å²) in [4.78, 5) is 0. The van der Waals surface area contributed by atoms with Crippen molar-refractivity contribution in [1.82, 2.24) is 0 Å². The first-order valence-electron chi connectivity index (χ1n) is 5.76. The summed E-state index contributed by atoms with van der Waals surface area (Å²) >= 11 is 3.56. The molecule has 90 valence electrons. The van der Waals surface area contributed by atoms with Crippen molar-refractivity contribution in [2.45, 2.75) is 32.1 Å². The minimum atomic E-state index is -1.09. The van der Waals surface area contributed by atoms with Gasteiger partial charge in [-0.25, -0.2) is 0 Å². The van der Waals surface area contributed by atoms with Gasteiger partial charge in [0.2, 0.25) is 0 Å². The Morgan fingerprint density at radius 3 is 2.38 bits per heavy atom.